The molecule has 0 fully saturated rings. The number of nitrogens with two attached hydrogens (primary N) is 1. The monoisotopic (exact) mass is 368 g/mol. The fourth-order valence-electron chi connectivity index (χ4n) is 2.12. The number of hydrogen-bond donors (Lipinski definition) is 2. The molecule has 3 aromatic rings. The van der Waals surface area contributed by atoms with Crippen molar-refractivity contribution < 1.29 is 14.0 Å². The van der Waals surface area contributed by atoms with Crippen LogP contribution in [-0.4, -0.2) is 27.6 Å². The van der Waals surface area contributed by atoms with Gasteiger partial charge in [-0.3, -0.25) is 9.59 Å². The van der Waals surface area contributed by atoms with E-state index in [1.54, 1.807) is 48.5 Å². The summed E-state index contributed by atoms with van der Waals surface area (Å²) in [4.78, 5) is 23.3. The van der Waals surface area contributed by atoms with E-state index in [0.717, 1.165) is 17.3 Å². The number of carbonyl (C=O) groups is 2. The smallest absolute Gasteiger partial charge is 0.277 e. The summed E-state index contributed by atoms with van der Waals surface area (Å²) < 4.78 is 5.53. The number of ketones is 1. The van der Waals surface area contributed by atoms with Gasteiger partial charge in [-0.2, -0.15) is 0 Å². The van der Waals surface area contributed by atoms with Crippen molar-refractivity contribution in [1.29, 1.82) is 0 Å². The van der Waals surface area contributed by atoms with Crippen LogP contribution in [0.4, 0.5) is 11.4 Å². The second kappa shape index (κ2) is 7.83. The lowest BCUT2D eigenvalue weighted by atomic mass is 10.1. The first-order valence-electron chi connectivity index (χ1n) is 7.74. The van der Waals surface area contributed by atoms with Crippen LogP contribution >= 0.6 is 11.8 Å². The average molecular weight is 368 g/mol. The summed E-state index contributed by atoms with van der Waals surface area (Å²) in [7, 11) is 0. The Hall–Kier alpha value is -3.13. The zero-order chi connectivity index (χ0) is 18.5. The maximum atomic E-state index is 12.0. The van der Waals surface area contributed by atoms with Crippen molar-refractivity contribution in [2.45, 2.75) is 12.1 Å². The molecule has 0 saturated carbocycles. The zero-order valence-electron chi connectivity index (χ0n) is 13.9. The van der Waals surface area contributed by atoms with E-state index in [9.17, 15) is 9.59 Å². The number of carbonyl (C=O) groups excluding carboxylic acids is 2. The molecular weight excluding hydrogens is 352 g/mol. The molecule has 0 aliphatic rings. The number of anilines is 2. The molecule has 0 bridgehead atoms. The van der Waals surface area contributed by atoms with Gasteiger partial charge >= 0.3 is 0 Å². The highest BCUT2D eigenvalue weighted by Gasteiger charge is 2.11. The summed E-state index contributed by atoms with van der Waals surface area (Å²) in [6.07, 6.45) is 0. The van der Waals surface area contributed by atoms with Crippen LogP contribution in [0.2, 0.25) is 0 Å². The van der Waals surface area contributed by atoms with Crippen molar-refractivity contribution >= 4 is 34.8 Å². The summed E-state index contributed by atoms with van der Waals surface area (Å²) in [5.74, 6) is 0.259. The van der Waals surface area contributed by atoms with Crippen molar-refractivity contribution in [2.24, 2.45) is 0 Å². The topological polar surface area (TPSA) is 111 Å². The van der Waals surface area contributed by atoms with E-state index < -0.39 is 0 Å². The van der Waals surface area contributed by atoms with Gasteiger partial charge in [-0.05, 0) is 55.5 Å². The first kappa shape index (κ1) is 17.7. The van der Waals surface area contributed by atoms with E-state index in [1.807, 2.05) is 0 Å². The van der Waals surface area contributed by atoms with Crippen LogP contribution in [0.25, 0.3) is 11.5 Å². The molecule has 0 unspecified atom stereocenters. The maximum Gasteiger partial charge on any atom is 0.277 e. The minimum absolute atomic E-state index is 0.0215. The predicted octanol–water partition coefficient (Wildman–Crippen LogP) is 3.25. The molecule has 7 nitrogen and oxygen atoms in total. The molecule has 0 spiro atoms. The molecule has 132 valence electrons. The molecule has 0 radical (unpaired) electrons. The van der Waals surface area contributed by atoms with E-state index in [1.165, 1.54) is 6.92 Å². The molecule has 1 amide bonds. The van der Waals surface area contributed by atoms with Gasteiger partial charge in [-0.1, -0.05) is 11.8 Å². The summed E-state index contributed by atoms with van der Waals surface area (Å²) >= 11 is 1.14. The number of Topliss-reactive ketones (excluding diaryl/α,β-unsaturated/α-hetero) is 1. The van der Waals surface area contributed by atoms with Crippen molar-refractivity contribution in [3.05, 3.63) is 54.1 Å². The standard InChI is InChI=1S/C18H16N4O3S/c1-11(23)12-4-8-15(9-5-12)20-16(24)10-26-18-22-21-17(25-18)13-2-6-14(19)7-3-13/h2-9H,10,19H2,1H3,(H,20,24). The van der Waals surface area contributed by atoms with Crippen LogP contribution in [-0.2, 0) is 4.79 Å². The Morgan fingerprint density at radius 3 is 2.42 bits per heavy atom. The fourth-order valence-corrected chi connectivity index (χ4v) is 2.69. The van der Waals surface area contributed by atoms with E-state index in [-0.39, 0.29) is 17.4 Å². The lowest BCUT2D eigenvalue weighted by molar-refractivity contribution is -0.113. The van der Waals surface area contributed by atoms with Gasteiger partial charge in [0.25, 0.3) is 5.22 Å². The Kier molecular flexibility index (Phi) is 5.33. The second-order valence-electron chi connectivity index (χ2n) is 5.47. The largest absolute Gasteiger partial charge is 0.411 e. The zero-order valence-corrected chi connectivity index (χ0v) is 14.7. The summed E-state index contributed by atoms with van der Waals surface area (Å²) in [5, 5.41) is 10.9. The third kappa shape index (κ3) is 4.48. The molecule has 1 heterocycles. The summed E-state index contributed by atoms with van der Waals surface area (Å²) in [5.41, 5.74) is 8.27. The number of thioether (sulfide) groups is 1. The Balaban J connectivity index is 1.54. The van der Waals surface area contributed by atoms with Crippen molar-refractivity contribution in [1.82, 2.24) is 10.2 Å². The van der Waals surface area contributed by atoms with Crippen molar-refractivity contribution in [3.8, 4) is 11.5 Å². The SMILES string of the molecule is CC(=O)c1ccc(NC(=O)CSc2nnc(-c3ccc(N)cc3)o2)cc1. The number of hydrogen-bond acceptors (Lipinski definition) is 7. The first-order valence-corrected chi connectivity index (χ1v) is 8.73. The number of nitrogens with zero attached hydrogens (tertiary/aromatic N) is 2. The molecule has 8 heteroatoms. The van der Waals surface area contributed by atoms with Gasteiger partial charge in [0.2, 0.25) is 11.8 Å². The normalized spacial score (nSPS) is 10.5. The van der Waals surface area contributed by atoms with Gasteiger partial charge in [0.1, 0.15) is 0 Å². The number of nitrogen functional groups attached to an aromatic ring is 1. The third-order valence-electron chi connectivity index (χ3n) is 3.47. The van der Waals surface area contributed by atoms with Crippen molar-refractivity contribution in [3.63, 3.8) is 0 Å². The molecule has 3 N–H and O–H groups in total. The maximum absolute atomic E-state index is 12.0. The Bertz CT molecular complexity index is 920. The van der Waals surface area contributed by atoms with E-state index in [4.69, 9.17) is 10.2 Å². The van der Waals surface area contributed by atoms with Crippen molar-refractivity contribution in [2.75, 3.05) is 16.8 Å². The molecule has 0 aliphatic carbocycles. The summed E-state index contributed by atoms with van der Waals surface area (Å²) in [6.45, 7) is 1.49. The van der Waals surface area contributed by atoms with Gasteiger partial charge in [-0.15, -0.1) is 10.2 Å². The molecule has 3 rings (SSSR count). The van der Waals surface area contributed by atoms with Crippen LogP contribution < -0.4 is 11.1 Å². The number of rotatable bonds is 6. The van der Waals surface area contributed by atoms with E-state index in [0.29, 0.717) is 28.1 Å². The highest BCUT2D eigenvalue weighted by molar-refractivity contribution is 7.99. The number of nitrogens with one attached hydrogen (secondary N) is 1. The van der Waals surface area contributed by atoms with E-state index in [2.05, 4.69) is 15.5 Å². The molecule has 0 atom stereocenters. The Labute approximate surface area is 154 Å². The lowest BCUT2D eigenvalue weighted by Crippen LogP contribution is -2.14. The molecule has 26 heavy (non-hydrogen) atoms. The number of benzene rings is 2. The third-order valence-corrected chi connectivity index (χ3v) is 4.28. The number of amides is 1. The predicted molar refractivity (Wildman–Crippen MR) is 99.9 cm³/mol. The first-order chi connectivity index (χ1) is 12.5. The van der Waals surface area contributed by atoms with Crippen LogP contribution in [0.15, 0.2) is 58.2 Å². The molecule has 2 aromatic carbocycles. The highest BCUT2D eigenvalue weighted by atomic mass is 32.2. The Morgan fingerprint density at radius 1 is 1.08 bits per heavy atom. The fraction of sp³-hybridized carbons (Fsp3) is 0.111. The van der Waals surface area contributed by atoms with Gasteiger partial charge in [0.15, 0.2) is 5.78 Å². The lowest BCUT2D eigenvalue weighted by Gasteiger charge is -2.04. The van der Waals surface area contributed by atoms with Crippen LogP contribution in [0.1, 0.15) is 17.3 Å². The molecule has 1 aromatic heterocycles. The average Bonchev–Trinajstić information content (AvgIpc) is 3.10. The van der Waals surface area contributed by atoms with Crippen LogP contribution in [0, 0.1) is 0 Å². The Morgan fingerprint density at radius 2 is 1.77 bits per heavy atom. The van der Waals surface area contributed by atoms with Gasteiger partial charge in [-0.25, -0.2) is 0 Å². The molecule has 0 aliphatic heterocycles. The van der Waals surface area contributed by atoms with Gasteiger partial charge in [0, 0.05) is 22.5 Å². The minimum Gasteiger partial charge on any atom is -0.411 e. The number of aromatic nitrogens is 2. The van der Waals surface area contributed by atoms with E-state index >= 15 is 0 Å². The molecule has 0 saturated heterocycles. The molecular formula is C18H16N4O3S. The second-order valence-corrected chi connectivity index (χ2v) is 6.39. The minimum atomic E-state index is -0.210. The van der Waals surface area contributed by atoms with Gasteiger partial charge in [0.05, 0.1) is 5.75 Å². The van der Waals surface area contributed by atoms with Crippen LogP contribution in [0.3, 0.4) is 0 Å². The summed E-state index contributed by atoms with van der Waals surface area (Å²) in [6, 6.07) is 13.8. The quantitative estimate of drug-likeness (QED) is 0.390. The highest BCUT2D eigenvalue weighted by Crippen LogP contribution is 2.24. The van der Waals surface area contributed by atoms with Crippen LogP contribution in [0.5, 0.6) is 0 Å². The van der Waals surface area contributed by atoms with Gasteiger partial charge < -0.3 is 15.5 Å².